The third-order valence-corrected chi connectivity index (χ3v) is 7.31. The summed E-state index contributed by atoms with van der Waals surface area (Å²) in [5, 5.41) is 3.59. The summed E-state index contributed by atoms with van der Waals surface area (Å²) in [4.78, 5) is 32.8. The molecule has 2 atom stereocenters. The SMILES string of the molecule is CC(c1cc(F)c(F)c(F)c1)n1cccc(C(=O)NCc2ccc3nccc(OC[C@@H]4CCN(C)C4)c3c2)c1=O. The Bertz CT molecular complexity index is 1600. The molecule has 0 bridgehead atoms. The van der Waals surface area contributed by atoms with Gasteiger partial charge in [0.25, 0.3) is 11.5 Å². The summed E-state index contributed by atoms with van der Waals surface area (Å²) in [6.07, 6.45) is 4.20. The number of hydrogen-bond donors (Lipinski definition) is 1. The van der Waals surface area contributed by atoms with Crippen LogP contribution in [-0.2, 0) is 6.54 Å². The predicted molar refractivity (Wildman–Crippen MR) is 145 cm³/mol. The van der Waals surface area contributed by atoms with Gasteiger partial charge in [0, 0.05) is 36.8 Å². The summed E-state index contributed by atoms with van der Waals surface area (Å²) >= 11 is 0. The number of carbonyl (C=O) groups excluding carboxylic acids is 1. The first-order chi connectivity index (χ1) is 19.2. The van der Waals surface area contributed by atoms with Crippen LogP contribution in [0.3, 0.4) is 0 Å². The number of hydrogen-bond acceptors (Lipinski definition) is 5. The molecule has 1 N–H and O–H groups in total. The molecule has 1 amide bonds. The molecule has 0 radical (unpaired) electrons. The Morgan fingerprint density at radius 3 is 2.65 bits per heavy atom. The van der Waals surface area contributed by atoms with E-state index in [0.717, 1.165) is 53.9 Å². The second kappa shape index (κ2) is 11.5. The second-order valence-corrected chi connectivity index (χ2v) is 10.2. The molecule has 4 aromatic rings. The van der Waals surface area contributed by atoms with E-state index in [1.165, 1.54) is 29.8 Å². The molecule has 0 aliphatic carbocycles. The third-order valence-electron chi connectivity index (χ3n) is 7.31. The van der Waals surface area contributed by atoms with Crippen molar-refractivity contribution in [1.82, 2.24) is 19.8 Å². The molecular weight excluding hydrogens is 521 g/mol. The lowest BCUT2D eigenvalue weighted by molar-refractivity contribution is 0.0948. The van der Waals surface area contributed by atoms with Crippen molar-refractivity contribution in [2.75, 3.05) is 26.7 Å². The normalized spacial score (nSPS) is 16.3. The van der Waals surface area contributed by atoms with E-state index in [-0.39, 0.29) is 17.7 Å². The highest BCUT2D eigenvalue weighted by Gasteiger charge is 2.21. The smallest absolute Gasteiger partial charge is 0.263 e. The zero-order valence-corrected chi connectivity index (χ0v) is 22.2. The Hall–Kier alpha value is -4.18. The fourth-order valence-electron chi connectivity index (χ4n) is 5.02. The zero-order chi connectivity index (χ0) is 28.4. The molecule has 1 aliphatic rings. The maximum absolute atomic E-state index is 13.8. The minimum Gasteiger partial charge on any atom is -0.492 e. The number of nitrogens with zero attached hydrogens (tertiary/aromatic N) is 3. The first-order valence-corrected chi connectivity index (χ1v) is 13.0. The van der Waals surface area contributed by atoms with Crippen LogP contribution in [0.15, 0.2) is 65.7 Å². The minimum atomic E-state index is -1.58. The van der Waals surface area contributed by atoms with Gasteiger partial charge in [-0.25, -0.2) is 13.2 Å². The lowest BCUT2D eigenvalue weighted by Crippen LogP contribution is -2.33. The number of carbonyl (C=O) groups is 1. The standard InChI is InChI=1S/C30H29F3N4O3/c1-18(21-13-24(31)28(33)25(32)14-21)37-10-3-4-22(30(37)39)29(38)35-15-19-5-6-26-23(12-19)27(7-9-34-26)40-17-20-8-11-36(2)16-20/h3-7,9-10,12-14,18,20H,8,11,15-17H2,1-2H3,(H,35,38)/t18?,20-/m1/s1. The number of aromatic nitrogens is 2. The molecule has 40 heavy (non-hydrogen) atoms. The summed E-state index contributed by atoms with van der Waals surface area (Å²) in [5.74, 6) is -3.70. The van der Waals surface area contributed by atoms with Gasteiger partial charge in [-0.1, -0.05) is 6.07 Å². The number of pyridine rings is 2. The lowest BCUT2D eigenvalue weighted by Gasteiger charge is -2.17. The van der Waals surface area contributed by atoms with Gasteiger partial charge < -0.3 is 19.5 Å². The molecule has 1 aliphatic heterocycles. The van der Waals surface area contributed by atoms with Crippen LogP contribution in [-0.4, -0.2) is 47.1 Å². The zero-order valence-electron chi connectivity index (χ0n) is 22.2. The van der Waals surface area contributed by atoms with Crippen LogP contribution in [0.2, 0.25) is 0 Å². The molecule has 1 saturated heterocycles. The first kappa shape index (κ1) is 27.4. The fourth-order valence-corrected chi connectivity index (χ4v) is 5.02. The van der Waals surface area contributed by atoms with Gasteiger partial charge in [-0.2, -0.15) is 0 Å². The van der Waals surface area contributed by atoms with Crippen LogP contribution < -0.4 is 15.6 Å². The number of benzene rings is 2. The molecule has 3 heterocycles. The van der Waals surface area contributed by atoms with Gasteiger partial charge in [0.1, 0.15) is 11.3 Å². The van der Waals surface area contributed by atoms with Crippen LogP contribution in [0, 0.1) is 23.4 Å². The quantitative estimate of drug-likeness (QED) is 0.323. The average Bonchev–Trinajstić information content (AvgIpc) is 3.37. The number of ether oxygens (including phenoxy) is 1. The Balaban J connectivity index is 1.30. The van der Waals surface area contributed by atoms with E-state index in [4.69, 9.17) is 4.74 Å². The van der Waals surface area contributed by atoms with Crippen molar-refractivity contribution in [1.29, 1.82) is 0 Å². The molecule has 10 heteroatoms. The summed E-state index contributed by atoms with van der Waals surface area (Å²) in [6.45, 7) is 4.35. The molecule has 2 aromatic heterocycles. The highest BCUT2D eigenvalue weighted by molar-refractivity contribution is 5.94. The molecule has 1 unspecified atom stereocenters. The molecule has 5 rings (SSSR count). The Morgan fingerprint density at radius 2 is 1.93 bits per heavy atom. The first-order valence-electron chi connectivity index (χ1n) is 13.0. The van der Waals surface area contributed by atoms with Crippen LogP contribution in [0.5, 0.6) is 5.75 Å². The van der Waals surface area contributed by atoms with Gasteiger partial charge in [-0.05, 0) is 80.5 Å². The molecule has 208 valence electrons. The Kier molecular flexibility index (Phi) is 7.88. The van der Waals surface area contributed by atoms with Gasteiger partial charge in [-0.15, -0.1) is 0 Å². The van der Waals surface area contributed by atoms with Crippen molar-refractivity contribution in [2.24, 2.45) is 5.92 Å². The molecule has 7 nitrogen and oxygen atoms in total. The Morgan fingerprint density at radius 1 is 1.15 bits per heavy atom. The van der Waals surface area contributed by atoms with E-state index < -0.39 is 35.0 Å². The Labute approximate surface area is 229 Å². The molecule has 1 fully saturated rings. The lowest BCUT2D eigenvalue weighted by atomic mass is 10.1. The highest BCUT2D eigenvalue weighted by Crippen LogP contribution is 2.27. The van der Waals surface area contributed by atoms with E-state index in [0.29, 0.717) is 12.5 Å². The van der Waals surface area contributed by atoms with Crippen LogP contribution in [0.25, 0.3) is 10.9 Å². The fraction of sp³-hybridized carbons (Fsp3) is 0.300. The monoisotopic (exact) mass is 550 g/mol. The highest BCUT2D eigenvalue weighted by atomic mass is 19.2. The van der Waals surface area contributed by atoms with Crippen molar-refractivity contribution in [3.8, 4) is 5.75 Å². The van der Waals surface area contributed by atoms with Crippen LogP contribution in [0.1, 0.15) is 40.9 Å². The topological polar surface area (TPSA) is 76.5 Å². The number of amides is 1. The van der Waals surface area contributed by atoms with Crippen molar-refractivity contribution in [2.45, 2.75) is 25.9 Å². The van der Waals surface area contributed by atoms with Crippen molar-refractivity contribution in [3.05, 3.63) is 105 Å². The van der Waals surface area contributed by atoms with Crippen molar-refractivity contribution < 1.29 is 22.7 Å². The maximum atomic E-state index is 13.8. The maximum Gasteiger partial charge on any atom is 0.263 e. The van der Waals surface area contributed by atoms with E-state index >= 15 is 0 Å². The molecule has 2 aromatic carbocycles. The van der Waals surface area contributed by atoms with Gasteiger partial charge in [0.2, 0.25) is 0 Å². The van der Waals surface area contributed by atoms with E-state index in [9.17, 15) is 22.8 Å². The third kappa shape index (κ3) is 5.72. The van der Waals surface area contributed by atoms with Crippen molar-refractivity contribution in [3.63, 3.8) is 0 Å². The van der Waals surface area contributed by atoms with Gasteiger partial charge >= 0.3 is 0 Å². The van der Waals surface area contributed by atoms with E-state index in [1.807, 2.05) is 24.3 Å². The number of halogens is 3. The predicted octanol–water partition coefficient (Wildman–Crippen LogP) is 4.68. The van der Waals surface area contributed by atoms with E-state index in [2.05, 4.69) is 22.2 Å². The summed E-state index contributed by atoms with van der Waals surface area (Å²) in [5.41, 5.74) is 0.837. The number of likely N-dealkylation sites (tertiary alicyclic amines) is 1. The van der Waals surface area contributed by atoms with Gasteiger partial charge in [-0.3, -0.25) is 14.6 Å². The molecular formula is C30H29F3N4O3. The molecule has 0 spiro atoms. The number of nitrogens with one attached hydrogen (secondary N) is 1. The minimum absolute atomic E-state index is 0.0544. The molecule has 0 saturated carbocycles. The summed E-state index contributed by atoms with van der Waals surface area (Å²) in [7, 11) is 2.10. The average molecular weight is 551 g/mol. The number of rotatable bonds is 8. The number of fused-ring (bicyclic) bond motifs is 1. The van der Waals surface area contributed by atoms with Crippen LogP contribution in [0.4, 0.5) is 13.2 Å². The van der Waals surface area contributed by atoms with Gasteiger partial charge in [0.15, 0.2) is 17.5 Å². The van der Waals surface area contributed by atoms with Crippen molar-refractivity contribution >= 4 is 16.8 Å². The second-order valence-electron chi connectivity index (χ2n) is 10.2. The largest absolute Gasteiger partial charge is 0.492 e. The summed E-state index contributed by atoms with van der Waals surface area (Å²) < 4.78 is 48.2. The van der Waals surface area contributed by atoms with Gasteiger partial charge in [0.05, 0.1) is 18.2 Å². The van der Waals surface area contributed by atoms with E-state index in [1.54, 1.807) is 6.20 Å². The van der Waals surface area contributed by atoms with Crippen LogP contribution >= 0.6 is 0 Å². The summed E-state index contributed by atoms with van der Waals surface area (Å²) in [6, 6.07) is 11.1.